The van der Waals surface area contributed by atoms with Crippen molar-refractivity contribution in [2.24, 2.45) is 0 Å². The Morgan fingerprint density at radius 1 is 1.25 bits per heavy atom. The smallest absolute Gasteiger partial charge is 0.151 e. The molecule has 0 fully saturated rings. The van der Waals surface area contributed by atoms with Crippen molar-refractivity contribution in [3.63, 3.8) is 0 Å². The molecule has 1 heterocycles. The molecule has 16 heavy (non-hydrogen) atoms. The lowest BCUT2D eigenvalue weighted by Gasteiger charge is -2.20. The molecule has 0 aliphatic heterocycles. The molecule has 1 aromatic rings. The van der Waals surface area contributed by atoms with Crippen LogP contribution in [0.15, 0.2) is 12.1 Å². The molecule has 4 heteroatoms. The van der Waals surface area contributed by atoms with Gasteiger partial charge < -0.3 is 10.2 Å². The SMILES string of the molecule is CCCCN(CC)c1ccc(CNC)nn1. The second-order valence-electron chi connectivity index (χ2n) is 3.85. The Bertz CT molecular complexity index is 284. The maximum absolute atomic E-state index is 4.26. The molecule has 0 aromatic carbocycles. The van der Waals surface area contributed by atoms with E-state index in [1.807, 2.05) is 13.1 Å². The fraction of sp³-hybridized carbons (Fsp3) is 0.667. The zero-order valence-corrected chi connectivity index (χ0v) is 10.5. The Morgan fingerprint density at radius 3 is 2.56 bits per heavy atom. The molecular formula is C12H22N4. The summed E-state index contributed by atoms with van der Waals surface area (Å²) in [5.74, 6) is 0.982. The van der Waals surface area contributed by atoms with Gasteiger partial charge in [0.1, 0.15) is 0 Å². The van der Waals surface area contributed by atoms with Crippen LogP contribution in [0.3, 0.4) is 0 Å². The monoisotopic (exact) mass is 222 g/mol. The van der Waals surface area contributed by atoms with Gasteiger partial charge in [0.2, 0.25) is 0 Å². The third-order valence-corrected chi connectivity index (χ3v) is 2.55. The van der Waals surface area contributed by atoms with Gasteiger partial charge in [-0.15, -0.1) is 5.10 Å². The molecule has 0 atom stereocenters. The fourth-order valence-electron chi connectivity index (χ4n) is 1.58. The van der Waals surface area contributed by atoms with Crippen molar-refractivity contribution in [3.8, 4) is 0 Å². The van der Waals surface area contributed by atoms with Crippen LogP contribution in [0, 0.1) is 0 Å². The Balaban J connectivity index is 2.62. The molecule has 1 aromatic heterocycles. The number of nitrogens with zero attached hydrogens (tertiary/aromatic N) is 3. The Morgan fingerprint density at radius 2 is 2.06 bits per heavy atom. The lowest BCUT2D eigenvalue weighted by atomic mass is 10.3. The van der Waals surface area contributed by atoms with E-state index in [-0.39, 0.29) is 0 Å². The molecule has 0 radical (unpaired) electrons. The van der Waals surface area contributed by atoms with Crippen molar-refractivity contribution in [2.75, 3.05) is 25.0 Å². The van der Waals surface area contributed by atoms with E-state index >= 15 is 0 Å². The number of aromatic nitrogens is 2. The van der Waals surface area contributed by atoms with Gasteiger partial charge in [-0.2, -0.15) is 5.10 Å². The van der Waals surface area contributed by atoms with Gasteiger partial charge in [-0.1, -0.05) is 13.3 Å². The molecule has 0 aliphatic rings. The molecular weight excluding hydrogens is 200 g/mol. The van der Waals surface area contributed by atoms with Gasteiger partial charge in [-0.05, 0) is 32.5 Å². The first-order valence-corrected chi connectivity index (χ1v) is 6.04. The average molecular weight is 222 g/mol. The minimum Gasteiger partial charge on any atom is -0.355 e. The molecule has 0 aliphatic carbocycles. The Hall–Kier alpha value is -1.16. The lowest BCUT2D eigenvalue weighted by Crippen LogP contribution is -2.25. The zero-order valence-electron chi connectivity index (χ0n) is 10.5. The summed E-state index contributed by atoms with van der Waals surface area (Å²) in [5, 5.41) is 11.5. The first-order chi connectivity index (χ1) is 7.81. The van der Waals surface area contributed by atoms with Crippen molar-refractivity contribution >= 4 is 5.82 Å². The van der Waals surface area contributed by atoms with Gasteiger partial charge in [-0.3, -0.25) is 0 Å². The number of hydrogen-bond donors (Lipinski definition) is 1. The van der Waals surface area contributed by atoms with E-state index in [1.165, 1.54) is 12.8 Å². The molecule has 0 spiro atoms. The quantitative estimate of drug-likeness (QED) is 0.764. The number of nitrogens with one attached hydrogen (secondary N) is 1. The summed E-state index contributed by atoms with van der Waals surface area (Å²) in [7, 11) is 1.91. The maximum atomic E-state index is 4.26. The number of rotatable bonds is 7. The van der Waals surface area contributed by atoms with Gasteiger partial charge in [0, 0.05) is 19.6 Å². The summed E-state index contributed by atoms with van der Waals surface area (Å²) in [6.07, 6.45) is 2.41. The number of hydrogen-bond acceptors (Lipinski definition) is 4. The summed E-state index contributed by atoms with van der Waals surface area (Å²) >= 11 is 0. The average Bonchev–Trinajstić information content (AvgIpc) is 2.32. The molecule has 0 amide bonds. The maximum Gasteiger partial charge on any atom is 0.151 e. The summed E-state index contributed by atoms with van der Waals surface area (Å²) < 4.78 is 0. The normalized spacial score (nSPS) is 10.4. The van der Waals surface area contributed by atoms with E-state index in [4.69, 9.17) is 0 Å². The van der Waals surface area contributed by atoms with E-state index in [0.29, 0.717) is 0 Å². The van der Waals surface area contributed by atoms with Crippen molar-refractivity contribution in [1.82, 2.24) is 15.5 Å². The molecule has 0 saturated carbocycles. The minimum atomic E-state index is 0.772. The van der Waals surface area contributed by atoms with Gasteiger partial charge in [0.15, 0.2) is 5.82 Å². The lowest BCUT2D eigenvalue weighted by molar-refractivity contribution is 0.708. The predicted octanol–water partition coefficient (Wildman–Crippen LogP) is 1.82. The van der Waals surface area contributed by atoms with E-state index < -0.39 is 0 Å². The first kappa shape index (κ1) is 12.9. The van der Waals surface area contributed by atoms with Gasteiger partial charge in [0.25, 0.3) is 0 Å². The highest BCUT2D eigenvalue weighted by molar-refractivity contribution is 5.36. The van der Waals surface area contributed by atoms with Gasteiger partial charge >= 0.3 is 0 Å². The third-order valence-electron chi connectivity index (χ3n) is 2.55. The molecule has 0 saturated heterocycles. The summed E-state index contributed by atoms with van der Waals surface area (Å²) in [5.41, 5.74) is 0.984. The molecule has 1 N–H and O–H groups in total. The first-order valence-electron chi connectivity index (χ1n) is 6.04. The standard InChI is InChI=1S/C12H22N4/c1-4-6-9-16(5-2)12-8-7-11(10-13-3)14-15-12/h7-8,13H,4-6,9-10H2,1-3H3. The van der Waals surface area contributed by atoms with E-state index in [9.17, 15) is 0 Å². The molecule has 90 valence electrons. The van der Waals surface area contributed by atoms with Gasteiger partial charge in [-0.25, -0.2) is 0 Å². The second-order valence-corrected chi connectivity index (χ2v) is 3.85. The summed E-state index contributed by atoms with van der Waals surface area (Å²) in [6.45, 7) is 7.18. The van der Waals surface area contributed by atoms with Crippen LogP contribution in [0.1, 0.15) is 32.4 Å². The molecule has 4 nitrogen and oxygen atoms in total. The molecule has 1 rings (SSSR count). The minimum absolute atomic E-state index is 0.772. The highest BCUT2D eigenvalue weighted by atomic mass is 15.3. The second kappa shape index (κ2) is 7.17. The van der Waals surface area contributed by atoms with E-state index in [1.54, 1.807) is 0 Å². The van der Waals surface area contributed by atoms with Crippen LogP contribution >= 0.6 is 0 Å². The number of anilines is 1. The third kappa shape index (κ3) is 3.77. The Kier molecular flexibility index (Phi) is 5.78. The topological polar surface area (TPSA) is 41.0 Å². The van der Waals surface area contributed by atoms with E-state index in [0.717, 1.165) is 31.1 Å². The van der Waals surface area contributed by atoms with Crippen molar-refractivity contribution in [1.29, 1.82) is 0 Å². The van der Waals surface area contributed by atoms with Crippen LogP contribution in [0.2, 0.25) is 0 Å². The predicted molar refractivity (Wildman–Crippen MR) is 67.6 cm³/mol. The van der Waals surface area contributed by atoms with Crippen LogP contribution in [0.5, 0.6) is 0 Å². The molecule has 0 bridgehead atoms. The van der Waals surface area contributed by atoms with Gasteiger partial charge in [0.05, 0.1) is 5.69 Å². The van der Waals surface area contributed by atoms with Crippen molar-refractivity contribution in [3.05, 3.63) is 17.8 Å². The largest absolute Gasteiger partial charge is 0.355 e. The van der Waals surface area contributed by atoms with Crippen molar-refractivity contribution in [2.45, 2.75) is 33.2 Å². The fourth-order valence-corrected chi connectivity index (χ4v) is 1.58. The van der Waals surface area contributed by atoms with Crippen LogP contribution < -0.4 is 10.2 Å². The highest BCUT2D eigenvalue weighted by Crippen LogP contribution is 2.10. The summed E-state index contributed by atoms with van der Waals surface area (Å²) in [4.78, 5) is 2.26. The van der Waals surface area contributed by atoms with Crippen LogP contribution in [0.25, 0.3) is 0 Å². The Labute approximate surface area is 98.1 Å². The van der Waals surface area contributed by atoms with Crippen LogP contribution in [-0.2, 0) is 6.54 Å². The molecule has 0 unspecified atom stereocenters. The van der Waals surface area contributed by atoms with Crippen molar-refractivity contribution < 1.29 is 0 Å². The summed E-state index contributed by atoms with van der Waals surface area (Å²) in [6, 6.07) is 4.09. The van der Waals surface area contributed by atoms with Crippen LogP contribution in [-0.4, -0.2) is 30.3 Å². The highest BCUT2D eigenvalue weighted by Gasteiger charge is 2.05. The zero-order chi connectivity index (χ0) is 11.8. The van der Waals surface area contributed by atoms with Crippen LogP contribution in [0.4, 0.5) is 5.82 Å². The number of unbranched alkanes of at least 4 members (excludes halogenated alkanes) is 1. The van der Waals surface area contributed by atoms with E-state index in [2.05, 4.69) is 40.3 Å².